The molecule has 1 heterocycles. The van der Waals surface area contributed by atoms with Crippen LogP contribution >= 0.6 is 11.3 Å². The lowest BCUT2D eigenvalue weighted by Gasteiger charge is -2.11. The van der Waals surface area contributed by atoms with Crippen molar-refractivity contribution in [1.82, 2.24) is 10.3 Å². The Bertz CT molecular complexity index is 611. The molecule has 0 spiro atoms. The fourth-order valence-electron chi connectivity index (χ4n) is 1.42. The number of nitrogens with one attached hydrogen (secondary N) is 1. The summed E-state index contributed by atoms with van der Waals surface area (Å²) in [6, 6.07) is -0.884. The topological polar surface area (TPSA) is 139 Å². The van der Waals surface area contributed by atoms with Crippen molar-refractivity contribution in [2.75, 3.05) is 18.6 Å². The summed E-state index contributed by atoms with van der Waals surface area (Å²) in [5.41, 5.74) is 5.56. The largest absolute Gasteiger partial charge is 0.476 e. The molecule has 0 aromatic carbocycles. The van der Waals surface area contributed by atoms with Crippen molar-refractivity contribution in [2.24, 2.45) is 5.73 Å². The van der Waals surface area contributed by atoms with Crippen LogP contribution in [0, 0.1) is 0 Å². The smallest absolute Gasteiger partial charge is 0.355 e. The van der Waals surface area contributed by atoms with Crippen LogP contribution in [0.15, 0.2) is 5.38 Å². The molecule has 0 aliphatic heterocycles. The number of carboxylic acid groups (broad SMARTS) is 1. The first-order valence-corrected chi connectivity index (χ1v) is 9.02. The van der Waals surface area contributed by atoms with E-state index in [0.717, 1.165) is 6.26 Å². The Balaban J connectivity index is 2.33. The van der Waals surface area contributed by atoms with Gasteiger partial charge in [0.25, 0.3) is 0 Å². The molecule has 8 nitrogen and oxygen atoms in total. The summed E-state index contributed by atoms with van der Waals surface area (Å²) in [4.78, 5) is 26.1. The SMILES string of the molecule is CS(=O)(=O)CCC(N)C(=O)NCCc1nc(C(=O)O)cs1. The van der Waals surface area contributed by atoms with E-state index in [1.54, 1.807) is 0 Å². The van der Waals surface area contributed by atoms with Crippen LogP contribution < -0.4 is 11.1 Å². The van der Waals surface area contributed by atoms with Gasteiger partial charge in [0, 0.05) is 24.6 Å². The maximum absolute atomic E-state index is 11.6. The molecule has 0 bridgehead atoms. The van der Waals surface area contributed by atoms with Gasteiger partial charge in [-0.1, -0.05) is 0 Å². The number of nitrogens with two attached hydrogens (primary N) is 1. The van der Waals surface area contributed by atoms with Crippen LogP contribution in [0.4, 0.5) is 0 Å². The predicted octanol–water partition coefficient (Wildman–Crippen LogP) is -0.738. The van der Waals surface area contributed by atoms with Gasteiger partial charge in [-0.05, 0) is 6.42 Å². The zero-order chi connectivity index (χ0) is 16.0. The number of carboxylic acids is 1. The number of nitrogens with zero attached hydrogens (tertiary/aromatic N) is 1. The third-order valence-electron chi connectivity index (χ3n) is 2.55. The van der Waals surface area contributed by atoms with Gasteiger partial charge in [0.05, 0.1) is 16.8 Å². The van der Waals surface area contributed by atoms with Crippen molar-refractivity contribution < 1.29 is 23.1 Å². The first-order valence-electron chi connectivity index (χ1n) is 6.08. The molecule has 1 aromatic heterocycles. The molecule has 1 amide bonds. The summed E-state index contributed by atoms with van der Waals surface area (Å²) in [5, 5.41) is 13.3. The average Bonchev–Trinajstić information content (AvgIpc) is 2.83. The summed E-state index contributed by atoms with van der Waals surface area (Å²) in [7, 11) is -3.15. The molecule has 118 valence electrons. The van der Waals surface area contributed by atoms with Crippen molar-refractivity contribution in [2.45, 2.75) is 18.9 Å². The Labute approximate surface area is 126 Å². The van der Waals surface area contributed by atoms with Gasteiger partial charge in [0.1, 0.15) is 9.84 Å². The summed E-state index contributed by atoms with van der Waals surface area (Å²) in [6.45, 7) is 0.262. The van der Waals surface area contributed by atoms with Gasteiger partial charge < -0.3 is 16.2 Å². The number of aromatic nitrogens is 1. The summed E-state index contributed by atoms with van der Waals surface area (Å²) in [6.07, 6.45) is 1.54. The van der Waals surface area contributed by atoms with Crippen molar-refractivity contribution in [3.8, 4) is 0 Å². The Morgan fingerprint density at radius 2 is 2.19 bits per heavy atom. The second-order valence-electron chi connectivity index (χ2n) is 4.50. The number of thiazole rings is 1. The van der Waals surface area contributed by atoms with E-state index in [0.29, 0.717) is 11.4 Å². The summed E-state index contributed by atoms with van der Waals surface area (Å²) < 4.78 is 21.9. The van der Waals surface area contributed by atoms with Crippen LogP contribution in [0.5, 0.6) is 0 Å². The van der Waals surface area contributed by atoms with Gasteiger partial charge in [-0.2, -0.15) is 0 Å². The minimum atomic E-state index is -3.15. The molecule has 21 heavy (non-hydrogen) atoms. The lowest BCUT2D eigenvalue weighted by atomic mass is 10.2. The second kappa shape index (κ2) is 7.48. The first-order chi connectivity index (χ1) is 9.69. The number of aromatic carboxylic acids is 1. The van der Waals surface area contributed by atoms with Gasteiger partial charge in [-0.25, -0.2) is 18.2 Å². The Morgan fingerprint density at radius 1 is 1.52 bits per heavy atom. The molecule has 10 heteroatoms. The number of hydrogen-bond acceptors (Lipinski definition) is 7. The first kappa shape index (κ1) is 17.5. The van der Waals surface area contributed by atoms with Crippen molar-refractivity contribution >= 4 is 33.1 Å². The number of amides is 1. The molecule has 1 atom stereocenters. The van der Waals surface area contributed by atoms with E-state index >= 15 is 0 Å². The van der Waals surface area contributed by atoms with Crippen LogP contribution in [0.1, 0.15) is 21.9 Å². The van der Waals surface area contributed by atoms with Crippen LogP contribution in [0.25, 0.3) is 0 Å². The molecule has 0 saturated carbocycles. The van der Waals surface area contributed by atoms with Gasteiger partial charge in [0.15, 0.2) is 5.69 Å². The molecule has 0 saturated heterocycles. The van der Waals surface area contributed by atoms with Crippen LogP contribution in [-0.2, 0) is 21.1 Å². The fraction of sp³-hybridized carbons (Fsp3) is 0.545. The number of carbonyl (C=O) groups excluding carboxylic acids is 1. The van der Waals surface area contributed by atoms with E-state index in [1.807, 2.05) is 0 Å². The zero-order valence-electron chi connectivity index (χ0n) is 11.4. The van der Waals surface area contributed by atoms with Crippen molar-refractivity contribution in [3.63, 3.8) is 0 Å². The maximum Gasteiger partial charge on any atom is 0.355 e. The van der Waals surface area contributed by atoms with E-state index in [-0.39, 0.29) is 24.4 Å². The minimum absolute atomic E-state index is 0.0221. The molecular formula is C11H17N3O5S2. The highest BCUT2D eigenvalue weighted by Gasteiger charge is 2.16. The van der Waals surface area contributed by atoms with Gasteiger partial charge in [0.2, 0.25) is 5.91 Å². The molecule has 0 radical (unpaired) electrons. The van der Waals surface area contributed by atoms with Crippen LogP contribution in [0.2, 0.25) is 0 Å². The standard InChI is InChI=1S/C11H17N3O5S2/c1-21(18,19)5-3-7(12)10(15)13-4-2-9-14-8(6-20-9)11(16)17/h6-7H,2-5,12H2,1H3,(H,13,15)(H,16,17). The third kappa shape index (κ3) is 6.65. The second-order valence-corrected chi connectivity index (χ2v) is 7.70. The molecular weight excluding hydrogens is 318 g/mol. The van der Waals surface area contributed by atoms with E-state index in [9.17, 15) is 18.0 Å². The van der Waals surface area contributed by atoms with E-state index < -0.39 is 27.8 Å². The lowest BCUT2D eigenvalue weighted by molar-refractivity contribution is -0.122. The Kier molecular flexibility index (Phi) is 6.24. The van der Waals surface area contributed by atoms with Crippen LogP contribution in [0.3, 0.4) is 0 Å². The van der Waals surface area contributed by atoms with Gasteiger partial charge in [-0.15, -0.1) is 11.3 Å². The summed E-state index contributed by atoms with van der Waals surface area (Å²) in [5.74, 6) is -1.67. The molecule has 1 unspecified atom stereocenters. The third-order valence-corrected chi connectivity index (χ3v) is 4.43. The molecule has 4 N–H and O–H groups in total. The number of sulfone groups is 1. The molecule has 0 aliphatic carbocycles. The highest BCUT2D eigenvalue weighted by atomic mass is 32.2. The number of carbonyl (C=O) groups is 2. The zero-order valence-corrected chi connectivity index (χ0v) is 13.0. The molecule has 0 fully saturated rings. The van der Waals surface area contributed by atoms with Gasteiger partial charge >= 0.3 is 5.97 Å². The van der Waals surface area contributed by atoms with Crippen molar-refractivity contribution in [3.05, 3.63) is 16.1 Å². The molecule has 1 aromatic rings. The van der Waals surface area contributed by atoms with E-state index in [1.165, 1.54) is 16.7 Å². The van der Waals surface area contributed by atoms with Crippen LogP contribution in [-0.4, -0.2) is 55.0 Å². The number of rotatable bonds is 8. The van der Waals surface area contributed by atoms with E-state index in [4.69, 9.17) is 10.8 Å². The molecule has 1 rings (SSSR count). The maximum atomic E-state index is 11.6. The fourth-order valence-corrected chi connectivity index (χ4v) is 2.87. The van der Waals surface area contributed by atoms with E-state index in [2.05, 4.69) is 10.3 Å². The van der Waals surface area contributed by atoms with Crippen molar-refractivity contribution in [1.29, 1.82) is 0 Å². The Hall–Kier alpha value is -1.52. The monoisotopic (exact) mass is 335 g/mol. The lowest BCUT2D eigenvalue weighted by Crippen LogP contribution is -2.42. The Morgan fingerprint density at radius 3 is 2.71 bits per heavy atom. The molecule has 0 aliphatic rings. The average molecular weight is 335 g/mol. The highest BCUT2D eigenvalue weighted by molar-refractivity contribution is 7.90. The predicted molar refractivity (Wildman–Crippen MR) is 78.1 cm³/mol. The minimum Gasteiger partial charge on any atom is -0.476 e. The summed E-state index contributed by atoms with van der Waals surface area (Å²) >= 11 is 1.20. The van der Waals surface area contributed by atoms with Gasteiger partial charge in [-0.3, -0.25) is 4.79 Å². The highest BCUT2D eigenvalue weighted by Crippen LogP contribution is 2.09. The quantitative estimate of drug-likeness (QED) is 0.568. The normalized spacial score (nSPS) is 12.9. The number of hydrogen-bond donors (Lipinski definition) is 3.